The summed E-state index contributed by atoms with van der Waals surface area (Å²) < 4.78 is 158. The van der Waals surface area contributed by atoms with Gasteiger partial charge in [-0.25, -0.2) is 44.5 Å². The van der Waals surface area contributed by atoms with Crippen LogP contribution in [0, 0.1) is 0 Å². The summed E-state index contributed by atoms with van der Waals surface area (Å²) in [6, 6.07) is 28.9. The zero-order valence-electron chi connectivity index (χ0n) is 55.6. The smallest absolute Gasteiger partial charge is 0.260 e. The van der Waals surface area contributed by atoms with E-state index in [4.69, 9.17) is 76.8 Å². The number of benzene rings is 8. The fourth-order valence-corrected chi connectivity index (χ4v) is 15.8. The number of hydrazone groups is 2. The van der Waals surface area contributed by atoms with Crippen LogP contribution >= 0.6 is 136 Å². The molecule has 0 unspecified atom stereocenters. The van der Waals surface area contributed by atoms with E-state index in [0.29, 0.717) is 21.4 Å². The van der Waals surface area contributed by atoms with E-state index in [-0.39, 0.29) is 144 Å². The molecule has 111 heavy (non-hydrogen) atoms. The molecule has 0 atom stereocenters. The minimum atomic E-state index is -5.28. The quantitative estimate of drug-likeness (QED) is 0.00541. The molecule has 584 valence electrons. The van der Waals surface area contributed by atoms with Crippen molar-refractivity contribution in [1.82, 2.24) is 21.5 Å². The van der Waals surface area contributed by atoms with Crippen LogP contribution < -0.4 is 52.6 Å². The van der Waals surface area contributed by atoms with Gasteiger partial charge in [0.2, 0.25) is 0 Å². The third-order valence-corrected chi connectivity index (χ3v) is 22.6. The Kier molecular flexibility index (Phi) is 30.9. The molecule has 12 N–H and O–H groups in total. The Labute approximate surface area is 698 Å². The lowest BCUT2D eigenvalue weighted by Gasteiger charge is -2.25. The highest BCUT2D eigenvalue weighted by Crippen LogP contribution is 2.42. The molecule has 0 aliphatic carbocycles. The zero-order chi connectivity index (χ0) is 81.4. The number of thiocarbonyl (C=S) groups is 4. The van der Waals surface area contributed by atoms with Crippen molar-refractivity contribution in [3.05, 3.63) is 195 Å². The molecule has 8 rings (SSSR count). The first-order valence-corrected chi connectivity index (χ1v) is 41.9. The lowest BCUT2D eigenvalue weighted by molar-refractivity contribution is -0.120. The summed E-state index contributed by atoms with van der Waals surface area (Å²) in [6.45, 7) is -0.726. The Bertz CT molecular complexity index is 5270. The lowest BCUT2D eigenvalue weighted by Crippen LogP contribution is -2.41. The van der Waals surface area contributed by atoms with E-state index in [2.05, 4.69) is 117 Å². The van der Waals surface area contributed by atoms with Crippen LogP contribution in [0.25, 0.3) is 24.3 Å². The molecule has 0 aliphatic rings. The summed E-state index contributed by atoms with van der Waals surface area (Å²) in [6.07, 6.45) is 6.60. The largest absolute Gasteiger partial charge is 0.744 e. The minimum absolute atomic E-state index is 0.0320. The van der Waals surface area contributed by atoms with E-state index in [0.717, 1.165) is 61.0 Å². The highest BCUT2D eigenvalue weighted by Gasteiger charge is 2.23. The van der Waals surface area contributed by atoms with E-state index in [9.17, 15) is 81.9 Å². The number of nitrogens with one attached hydrogen (secondary N) is 8. The first-order chi connectivity index (χ1) is 52.1. The molecule has 31 nitrogen and oxygen atoms in total. The molecule has 8 aromatic rings. The van der Waals surface area contributed by atoms with Crippen LogP contribution in [-0.2, 0) is 54.8 Å². The Morgan fingerprint density at radius 2 is 0.721 bits per heavy atom. The number of amides is 2. The molecular weight excluding hydrogens is 1910 g/mol. The number of hydrogen-bond acceptors (Lipinski definition) is 25. The van der Waals surface area contributed by atoms with Gasteiger partial charge in [-0.1, -0.05) is 71.8 Å². The van der Waals surface area contributed by atoms with Crippen LogP contribution in [0.3, 0.4) is 0 Å². The minimum Gasteiger partial charge on any atom is -0.744 e. The van der Waals surface area contributed by atoms with Crippen molar-refractivity contribution in [2.24, 2.45) is 10.2 Å². The first kappa shape index (κ1) is 88.1. The molecule has 0 bridgehead atoms. The van der Waals surface area contributed by atoms with Crippen molar-refractivity contribution in [2.45, 2.75) is 19.6 Å². The number of rotatable bonds is 28. The third kappa shape index (κ3) is 25.3. The Morgan fingerprint density at radius 3 is 1.01 bits per heavy atom. The van der Waals surface area contributed by atoms with Gasteiger partial charge in [-0.15, -0.1) is 0 Å². The fourth-order valence-electron chi connectivity index (χ4n) is 9.47. The highest BCUT2D eigenvalue weighted by molar-refractivity contribution is 9.11. The van der Waals surface area contributed by atoms with Gasteiger partial charge in [0.25, 0.3) is 11.8 Å². The van der Waals surface area contributed by atoms with Gasteiger partial charge < -0.3 is 85.1 Å². The zero-order valence-corrected chi connectivity index (χ0v) is 70.0. The Hall–Kier alpha value is -8.42. The molecule has 0 saturated carbocycles. The number of aromatic hydroxyl groups is 4. The summed E-state index contributed by atoms with van der Waals surface area (Å²) in [5.41, 5.74) is 4.60. The van der Waals surface area contributed by atoms with Gasteiger partial charge in [-0.2, -0.15) is 10.2 Å². The second-order valence-corrected chi connectivity index (χ2v) is 33.5. The Balaban J connectivity index is 0.820. The van der Waals surface area contributed by atoms with Gasteiger partial charge in [0.15, 0.2) is 20.4 Å². The van der Waals surface area contributed by atoms with Crippen molar-refractivity contribution >= 4 is 279 Å². The summed E-state index contributed by atoms with van der Waals surface area (Å²) in [5.74, 6) is -2.76. The molecule has 0 aliphatic heterocycles. The van der Waals surface area contributed by atoms with Crippen molar-refractivity contribution in [2.75, 3.05) is 70.5 Å². The van der Waals surface area contributed by atoms with Crippen LogP contribution in [0.5, 0.6) is 23.0 Å². The standard InChI is InChI=1S/C66H56Br4Cl2N12O19S8/c67-49-25-39(59(87)57(69)61(49)89)31-75-81-55(85)33-83(47-17-9-41(71)10-18-47)65(106)79-45-15-7-37(53(29-45)110(97,98)99)3-1-35-5-13-43(27-51(35)108(91,92)93)77-63(104)73-21-23-103-24-22-74-64(105)78-44-14-6-36(52(28-44)109(94,95)96)2-4-38-8-16-46(30-54(38)111(100,101)102)80-66(107)84(48-19-11-42(72)12-20-48)34-56(86)82-76-32-40-26-50(68)62(90)58(70)60(40)88/h1-20,25-32,87-90H,21-24,33-34H2,(H,79,106)(H,80,107)(H,81,85)(H,82,86)(H2,73,77,104)(H2,74,78,105)(H,91,92,93)(H,94,95,96)(H,97,98,99)(H,100,101,102)/p-4/b3-1+,4-2+,75-31+,76-32+. The van der Waals surface area contributed by atoms with Crippen LogP contribution in [0.2, 0.25) is 10.0 Å². The van der Waals surface area contributed by atoms with E-state index >= 15 is 0 Å². The van der Waals surface area contributed by atoms with Crippen LogP contribution in [0.4, 0.5) is 34.1 Å². The number of halogens is 6. The number of phenolic OH excluding ortho intramolecular Hbond substituents is 4. The average molecular weight is 1960 g/mol. The van der Waals surface area contributed by atoms with Crippen LogP contribution in [-0.4, -0.2) is 156 Å². The second-order valence-electron chi connectivity index (χ2n) is 22.4. The molecule has 0 aromatic heterocycles. The van der Waals surface area contributed by atoms with Crippen molar-refractivity contribution < 1.29 is 86.6 Å². The molecule has 0 spiro atoms. The van der Waals surface area contributed by atoms with Gasteiger partial charge in [0.05, 0.1) is 54.2 Å². The maximum atomic E-state index is 13.2. The highest BCUT2D eigenvalue weighted by atomic mass is 79.9. The van der Waals surface area contributed by atoms with Crippen molar-refractivity contribution in [1.29, 1.82) is 0 Å². The fraction of sp³-hybridized carbons (Fsp3) is 0.0909. The van der Waals surface area contributed by atoms with Gasteiger partial charge in [0, 0.05) is 68.4 Å². The van der Waals surface area contributed by atoms with E-state index in [1.165, 1.54) is 119 Å². The van der Waals surface area contributed by atoms with Crippen LogP contribution in [0.1, 0.15) is 33.4 Å². The maximum Gasteiger partial charge on any atom is 0.260 e. The maximum absolute atomic E-state index is 13.2. The van der Waals surface area contributed by atoms with E-state index in [1.807, 2.05) is 0 Å². The monoisotopic (exact) mass is 1960 g/mol. The number of phenols is 4. The topological polar surface area (TPSA) is 481 Å². The molecule has 45 heteroatoms. The van der Waals surface area contributed by atoms with E-state index < -0.39 is 85.0 Å². The summed E-state index contributed by atoms with van der Waals surface area (Å²) in [4.78, 5) is 25.9. The lowest BCUT2D eigenvalue weighted by atomic mass is 10.1. The molecule has 2 amide bonds. The van der Waals surface area contributed by atoms with Gasteiger partial charge in [-0.05, 0) is 244 Å². The Morgan fingerprint density at radius 1 is 0.432 bits per heavy atom. The number of carbonyl (C=O) groups excluding carboxylic acids is 2. The normalized spacial score (nSPS) is 11.9. The van der Waals surface area contributed by atoms with Gasteiger partial charge in [-0.3, -0.25) is 9.59 Å². The van der Waals surface area contributed by atoms with Crippen molar-refractivity contribution in [3.63, 3.8) is 0 Å². The number of carbonyl (C=O) groups is 2. The molecular formula is C66H52Br4Cl2N12O19S8-4. The van der Waals surface area contributed by atoms with Gasteiger partial charge in [0.1, 0.15) is 85.5 Å². The van der Waals surface area contributed by atoms with E-state index in [1.54, 1.807) is 0 Å². The number of nitrogens with zero attached hydrogens (tertiary/aromatic N) is 4. The number of ether oxygens (including phenoxy) is 1. The first-order valence-electron chi connectivity index (χ1n) is 30.7. The van der Waals surface area contributed by atoms with Gasteiger partial charge >= 0.3 is 0 Å². The molecule has 0 fully saturated rings. The summed E-state index contributed by atoms with van der Waals surface area (Å²) >= 11 is 46.6. The van der Waals surface area contributed by atoms with Crippen LogP contribution in [0.15, 0.2) is 181 Å². The summed E-state index contributed by atoms with van der Waals surface area (Å²) in [7, 11) is -21.0. The molecule has 8 aromatic carbocycles. The summed E-state index contributed by atoms with van der Waals surface area (Å²) in [5, 5.41) is 65.6. The predicted octanol–water partition coefficient (Wildman–Crippen LogP) is 10.8. The average Bonchev–Trinajstić information content (AvgIpc) is 0.809. The third-order valence-electron chi connectivity index (χ3n) is 14.7. The number of hydrogen-bond donors (Lipinski definition) is 12. The second kappa shape index (κ2) is 38.9. The predicted molar refractivity (Wildman–Crippen MR) is 447 cm³/mol. The van der Waals surface area contributed by atoms with Crippen molar-refractivity contribution in [3.8, 4) is 23.0 Å². The number of anilines is 6. The molecule has 0 heterocycles. The molecule has 0 saturated heterocycles. The SMILES string of the molecule is O=C(CN(C(=S)Nc1ccc(/C=C/c2ccc(NC(=S)NCCOCCNC(=S)Nc3ccc(/C=C/c4ccc(NC(=S)N(CC(=O)N/N=C/c5cc(Br)c(O)c(Br)c5O)c5ccc(Cl)cc5)cc4S(=O)(=O)[O-])c(S(=O)(=O)[O-])c3)cc2S(=O)(=O)[O-])c(S(=O)(=O)[O-])c1)c1ccc(Cl)cc1)N/N=C/c1cc(Br)c(O)c(Br)c1O. The molecule has 0 radical (unpaired) electrons.